The number of hydrogen-bond acceptors (Lipinski definition) is 9. The topological polar surface area (TPSA) is 173 Å². The highest BCUT2D eigenvalue weighted by molar-refractivity contribution is 7.46. The zero-order valence-corrected chi connectivity index (χ0v) is 15.0. The van der Waals surface area contributed by atoms with E-state index in [0.29, 0.717) is 11.4 Å². The van der Waals surface area contributed by atoms with Crippen LogP contribution in [0.2, 0.25) is 0 Å². The van der Waals surface area contributed by atoms with Gasteiger partial charge in [0.25, 0.3) is 0 Å². The van der Waals surface area contributed by atoms with Crippen LogP contribution in [0.15, 0.2) is 35.3 Å². The van der Waals surface area contributed by atoms with Crippen molar-refractivity contribution in [3.8, 4) is 11.5 Å². The van der Waals surface area contributed by atoms with Gasteiger partial charge in [-0.05, 0) is 12.1 Å². The molecular formula is C15H16N3O9P. The van der Waals surface area contributed by atoms with Crippen molar-refractivity contribution in [2.75, 3.05) is 11.9 Å². The molecule has 2 aliphatic rings. The first-order chi connectivity index (χ1) is 13.2. The third kappa shape index (κ3) is 3.54. The number of anilines is 2. The molecule has 1 saturated heterocycles. The van der Waals surface area contributed by atoms with Crippen molar-refractivity contribution in [2.45, 2.75) is 24.5 Å². The number of hydrogen-bond donors (Lipinski definition) is 5. The Morgan fingerprint density at radius 3 is 2.71 bits per heavy atom. The summed E-state index contributed by atoms with van der Waals surface area (Å²) in [5.74, 6) is 0.871. The molecular weight excluding hydrogens is 397 g/mol. The minimum Gasteiger partial charge on any atom is -0.450 e. The average Bonchev–Trinajstić information content (AvgIpc) is 2.92. The molecule has 12 nitrogen and oxygen atoms in total. The number of fused-ring (bicyclic) bond motifs is 2. The molecule has 1 aromatic carbocycles. The van der Waals surface area contributed by atoms with E-state index < -0.39 is 44.7 Å². The SMILES string of the molecule is O=c1nc2c(cn1[C@@H]1O[C@H](COP(=O)(O)O)[C@@H](O)[C@H]1O)Oc1ccccc1N2. The van der Waals surface area contributed by atoms with Crippen LogP contribution in [-0.4, -0.2) is 54.5 Å². The van der Waals surface area contributed by atoms with Gasteiger partial charge < -0.3 is 34.8 Å². The Hall–Kier alpha value is -2.31. The van der Waals surface area contributed by atoms with Gasteiger partial charge in [0.05, 0.1) is 18.5 Å². The van der Waals surface area contributed by atoms with Gasteiger partial charge in [-0.15, -0.1) is 0 Å². The van der Waals surface area contributed by atoms with E-state index >= 15 is 0 Å². The summed E-state index contributed by atoms with van der Waals surface area (Å²) in [6, 6.07) is 7.00. The lowest BCUT2D eigenvalue weighted by atomic mass is 10.1. The van der Waals surface area contributed by atoms with Gasteiger partial charge in [0, 0.05) is 0 Å². The van der Waals surface area contributed by atoms with Gasteiger partial charge in [0.2, 0.25) is 0 Å². The first kappa shape index (κ1) is 19.0. The highest BCUT2D eigenvalue weighted by Crippen LogP contribution is 2.41. The van der Waals surface area contributed by atoms with E-state index in [1.807, 2.05) is 0 Å². The molecule has 1 aromatic heterocycles. The van der Waals surface area contributed by atoms with Crippen LogP contribution in [0.4, 0.5) is 11.5 Å². The molecule has 0 amide bonds. The van der Waals surface area contributed by atoms with Gasteiger partial charge in [-0.1, -0.05) is 12.1 Å². The zero-order valence-electron chi connectivity index (χ0n) is 14.1. The predicted octanol–water partition coefficient (Wildman–Crippen LogP) is -0.179. The van der Waals surface area contributed by atoms with E-state index in [9.17, 15) is 19.6 Å². The van der Waals surface area contributed by atoms with Crippen LogP contribution < -0.4 is 15.7 Å². The molecule has 2 aliphatic heterocycles. The van der Waals surface area contributed by atoms with Crippen molar-refractivity contribution in [3.05, 3.63) is 40.9 Å². The minimum atomic E-state index is -4.79. The second kappa shape index (κ2) is 6.94. The molecule has 0 aliphatic carbocycles. The zero-order chi connectivity index (χ0) is 20.1. The summed E-state index contributed by atoms with van der Waals surface area (Å²) in [6.07, 6.45) is -4.46. The van der Waals surface area contributed by atoms with Crippen LogP contribution in [-0.2, 0) is 13.8 Å². The van der Waals surface area contributed by atoms with Gasteiger partial charge >= 0.3 is 13.5 Å². The molecule has 1 fully saturated rings. The smallest absolute Gasteiger partial charge is 0.450 e. The molecule has 0 bridgehead atoms. The number of benzene rings is 1. The number of nitrogens with one attached hydrogen (secondary N) is 1. The fraction of sp³-hybridized carbons (Fsp3) is 0.333. The maximum atomic E-state index is 12.4. The highest BCUT2D eigenvalue weighted by Gasteiger charge is 2.45. The van der Waals surface area contributed by atoms with E-state index in [1.54, 1.807) is 24.3 Å². The fourth-order valence-electron chi connectivity index (χ4n) is 2.97. The summed E-state index contributed by atoms with van der Waals surface area (Å²) < 4.78 is 27.2. The van der Waals surface area contributed by atoms with Crippen molar-refractivity contribution in [2.24, 2.45) is 0 Å². The Morgan fingerprint density at radius 1 is 1.21 bits per heavy atom. The summed E-state index contributed by atoms with van der Waals surface area (Å²) in [5, 5.41) is 23.2. The van der Waals surface area contributed by atoms with Crippen molar-refractivity contribution >= 4 is 19.3 Å². The van der Waals surface area contributed by atoms with Crippen LogP contribution in [0.3, 0.4) is 0 Å². The van der Waals surface area contributed by atoms with E-state index in [1.165, 1.54) is 6.20 Å². The predicted molar refractivity (Wildman–Crippen MR) is 92.2 cm³/mol. The maximum absolute atomic E-state index is 12.4. The van der Waals surface area contributed by atoms with Gasteiger partial charge in [0.15, 0.2) is 23.5 Å². The fourth-order valence-corrected chi connectivity index (χ4v) is 3.31. The molecule has 0 unspecified atom stereocenters. The number of aliphatic hydroxyl groups excluding tert-OH is 2. The lowest BCUT2D eigenvalue weighted by Gasteiger charge is -2.23. The number of para-hydroxylation sites is 2. The molecule has 4 atom stereocenters. The molecule has 0 saturated carbocycles. The summed E-state index contributed by atoms with van der Waals surface area (Å²) in [6.45, 7) is -0.683. The molecule has 13 heteroatoms. The number of nitrogens with zero attached hydrogens (tertiary/aromatic N) is 2. The average molecular weight is 413 g/mol. The van der Waals surface area contributed by atoms with E-state index in [0.717, 1.165) is 4.57 Å². The first-order valence-electron chi connectivity index (χ1n) is 8.12. The number of aromatic nitrogens is 2. The molecule has 5 N–H and O–H groups in total. The number of phosphoric acid groups is 1. The van der Waals surface area contributed by atoms with E-state index in [-0.39, 0.29) is 11.6 Å². The largest absolute Gasteiger partial charge is 0.469 e. The Labute approximate surface area is 157 Å². The molecule has 2 aromatic rings. The molecule has 4 rings (SSSR count). The van der Waals surface area contributed by atoms with Crippen molar-refractivity contribution in [3.63, 3.8) is 0 Å². The van der Waals surface area contributed by atoms with Crippen LogP contribution in [0.5, 0.6) is 11.5 Å². The molecule has 150 valence electrons. The van der Waals surface area contributed by atoms with Gasteiger partial charge in [-0.3, -0.25) is 9.09 Å². The van der Waals surface area contributed by atoms with Gasteiger partial charge in [0.1, 0.15) is 18.3 Å². The number of rotatable bonds is 4. The van der Waals surface area contributed by atoms with Crippen molar-refractivity contribution in [1.82, 2.24) is 9.55 Å². The molecule has 28 heavy (non-hydrogen) atoms. The van der Waals surface area contributed by atoms with Crippen LogP contribution in [0.25, 0.3) is 0 Å². The maximum Gasteiger partial charge on any atom is 0.469 e. The number of phosphoric ester groups is 1. The third-order valence-corrected chi connectivity index (χ3v) is 4.78. The highest BCUT2D eigenvalue weighted by atomic mass is 31.2. The normalized spacial score (nSPS) is 26.1. The third-order valence-electron chi connectivity index (χ3n) is 4.30. The minimum absolute atomic E-state index is 0.175. The molecule has 0 spiro atoms. The lowest BCUT2D eigenvalue weighted by molar-refractivity contribution is -0.0544. The number of aliphatic hydroxyl groups is 2. The van der Waals surface area contributed by atoms with Crippen molar-refractivity contribution in [1.29, 1.82) is 0 Å². The molecule has 0 radical (unpaired) electrons. The second-order valence-corrected chi connectivity index (χ2v) is 7.44. The summed E-state index contributed by atoms with van der Waals surface area (Å²) in [5.41, 5.74) is -0.163. The van der Waals surface area contributed by atoms with Gasteiger partial charge in [-0.25, -0.2) is 9.36 Å². The summed E-state index contributed by atoms with van der Waals surface area (Å²) in [7, 11) is -4.79. The Bertz CT molecular complexity index is 1010. The Morgan fingerprint density at radius 2 is 1.96 bits per heavy atom. The monoisotopic (exact) mass is 413 g/mol. The standard InChI is InChI=1S/C15H16N3O9P/c19-11-10(6-25-28(22,23)24)27-14(12(11)20)18-5-9-13(17-15(18)21)16-7-3-1-2-4-8(7)26-9/h1-5,10-12,14,19-20H,6H2,(H,16,17,21)(H2,22,23,24)/t10-,11-,12-,14-/m1/s1. The van der Waals surface area contributed by atoms with Crippen LogP contribution in [0, 0.1) is 0 Å². The van der Waals surface area contributed by atoms with E-state index in [2.05, 4.69) is 14.8 Å². The Balaban J connectivity index is 1.60. The van der Waals surface area contributed by atoms with Crippen LogP contribution >= 0.6 is 7.82 Å². The van der Waals surface area contributed by atoms with E-state index in [4.69, 9.17) is 19.3 Å². The lowest BCUT2D eigenvalue weighted by Crippen LogP contribution is -2.36. The second-order valence-electron chi connectivity index (χ2n) is 6.20. The van der Waals surface area contributed by atoms with Crippen molar-refractivity contribution < 1.29 is 38.6 Å². The van der Waals surface area contributed by atoms with Crippen LogP contribution in [0.1, 0.15) is 6.23 Å². The molecule has 3 heterocycles. The first-order valence-corrected chi connectivity index (χ1v) is 9.65. The Kier molecular flexibility index (Phi) is 4.71. The van der Waals surface area contributed by atoms with Gasteiger partial charge in [-0.2, -0.15) is 4.98 Å². The number of ether oxygens (including phenoxy) is 2. The summed E-state index contributed by atoms with van der Waals surface area (Å²) >= 11 is 0. The quantitative estimate of drug-likeness (QED) is 0.359. The summed E-state index contributed by atoms with van der Waals surface area (Å²) in [4.78, 5) is 33.8.